The Morgan fingerprint density at radius 3 is 2.76 bits per heavy atom. The van der Waals surface area contributed by atoms with E-state index in [4.69, 9.17) is 0 Å². The van der Waals surface area contributed by atoms with Crippen molar-refractivity contribution in [2.75, 3.05) is 5.32 Å². The Morgan fingerprint density at radius 2 is 2.00 bits per heavy atom. The average Bonchev–Trinajstić information content (AvgIpc) is 2.88. The summed E-state index contributed by atoms with van der Waals surface area (Å²) in [5, 5.41) is 7.70. The second kappa shape index (κ2) is 7.20. The predicted molar refractivity (Wildman–Crippen MR) is 91.9 cm³/mol. The highest BCUT2D eigenvalue weighted by Crippen LogP contribution is 2.23. The maximum absolute atomic E-state index is 4.03. The van der Waals surface area contributed by atoms with Crippen molar-refractivity contribution < 1.29 is 0 Å². The molecular weight excluding hydrogens is 258 g/mol. The summed E-state index contributed by atoms with van der Waals surface area (Å²) in [5.74, 6) is 0.730. The summed E-state index contributed by atoms with van der Waals surface area (Å²) < 4.78 is 0. The first-order valence-corrected chi connectivity index (χ1v) is 6.99. The van der Waals surface area contributed by atoms with E-state index in [1.807, 2.05) is 68.6 Å². The highest BCUT2D eigenvalue weighted by Gasteiger charge is 2.03. The van der Waals surface area contributed by atoms with Crippen molar-refractivity contribution in [1.29, 1.82) is 0 Å². The number of nitrogens with one attached hydrogen (secondary N) is 3. The van der Waals surface area contributed by atoms with Gasteiger partial charge in [0.25, 0.3) is 0 Å². The molecule has 1 heterocycles. The quantitative estimate of drug-likeness (QED) is 0.672. The molecule has 3 nitrogen and oxygen atoms in total. The second-order valence-corrected chi connectivity index (χ2v) is 4.62. The van der Waals surface area contributed by atoms with Crippen LogP contribution in [-0.4, -0.2) is 4.98 Å². The molecule has 0 unspecified atom stereocenters. The third-order valence-electron chi connectivity index (χ3n) is 2.98. The lowest BCUT2D eigenvalue weighted by Gasteiger charge is -2.12. The first-order chi connectivity index (χ1) is 10.2. The molecule has 0 fully saturated rings. The number of anilines is 1. The van der Waals surface area contributed by atoms with E-state index < -0.39 is 0 Å². The zero-order valence-electron chi connectivity index (χ0n) is 12.5. The van der Waals surface area contributed by atoms with Crippen LogP contribution in [-0.2, 0) is 0 Å². The zero-order valence-corrected chi connectivity index (χ0v) is 12.5. The molecule has 1 aromatic heterocycles. The number of fused-ring (bicyclic) bond motifs is 1. The van der Waals surface area contributed by atoms with Crippen LogP contribution in [0.5, 0.6) is 0 Å². The Bertz CT molecular complexity index is 702. The Kier molecular flexibility index (Phi) is 5.04. The minimum absolute atomic E-state index is 0.730. The number of hydrogen-bond donors (Lipinski definition) is 3. The van der Waals surface area contributed by atoms with Crippen LogP contribution in [0.15, 0.2) is 78.9 Å². The van der Waals surface area contributed by atoms with Gasteiger partial charge in [-0.1, -0.05) is 43.0 Å². The van der Waals surface area contributed by atoms with Crippen molar-refractivity contribution in [1.82, 2.24) is 10.3 Å². The highest BCUT2D eigenvalue weighted by molar-refractivity contribution is 5.92. The molecule has 0 saturated heterocycles. The monoisotopic (exact) mass is 279 g/mol. The molecule has 0 aliphatic rings. The fourth-order valence-electron chi connectivity index (χ4n) is 2.06. The lowest BCUT2D eigenvalue weighted by molar-refractivity contribution is 1.02. The minimum Gasteiger partial charge on any atom is -0.359 e. The summed E-state index contributed by atoms with van der Waals surface area (Å²) in [4.78, 5) is 3.24. The number of H-pyrrole nitrogens is 1. The van der Waals surface area contributed by atoms with E-state index in [0.717, 1.165) is 28.1 Å². The number of para-hydroxylation sites is 1. The second-order valence-electron chi connectivity index (χ2n) is 4.62. The van der Waals surface area contributed by atoms with Gasteiger partial charge in [-0.25, -0.2) is 0 Å². The third-order valence-corrected chi connectivity index (χ3v) is 2.98. The summed E-state index contributed by atoms with van der Waals surface area (Å²) in [6.07, 6.45) is 11.9. The van der Waals surface area contributed by atoms with E-state index in [1.165, 1.54) is 0 Å². The van der Waals surface area contributed by atoms with Crippen LogP contribution in [0, 0.1) is 0 Å². The molecule has 3 heteroatoms. The number of rotatable bonds is 6. The van der Waals surface area contributed by atoms with Crippen LogP contribution in [0.1, 0.15) is 13.8 Å². The lowest BCUT2D eigenvalue weighted by Crippen LogP contribution is -2.16. The van der Waals surface area contributed by atoms with E-state index >= 15 is 0 Å². The summed E-state index contributed by atoms with van der Waals surface area (Å²) in [7, 11) is 0. The maximum atomic E-state index is 4.03. The molecule has 2 rings (SSSR count). The highest BCUT2D eigenvalue weighted by atomic mass is 15.1. The number of aromatic amines is 1. The first-order valence-electron chi connectivity index (χ1n) is 6.99. The molecule has 0 aliphatic carbocycles. The van der Waals surface area contributed by atoms with Crippen LogP contribution < -0.4 is 10.6 Å². The van der Waals surface area contributed by atoms with Crippen molar-refractivity contribution in [3.63, 3.8) is 0 Å². The van der Waals surface area contributed by atoms with Crippen molar-refractivity contribution >= 4 is 16.6 Å². The van der Waals surface area contributed by atoms with Crippen LogP contribution >= 0.6 is 0 Å². The van der Waals surface area contributed by atoms with Crippen molar-refractivity contribution in [2.24, 2.45) is 0 Å². The van der Waals surface area contributed by atoms with Gasteiger partial charge in [0.2, 0.25) is 0 Å². The Balaban J connectivity index is 2.10. The zero-order chi connectivity index (χ0) is 15.1. The molecule has 0 radical (unpaired) electrons. The molecule has 21 heavy (non-hydrogen) atoms. The van der Waals surface area contributed by atoms with Crippen molar-refractivity contribution in [2.45, 2.75) is 13.8 Å². The maximum Gasteiger partial charge on any atom is 0.100 e. The van der Waals surface area contributed by atoms with Gasteiger partial charge >= 0.3 is 0 Å². The van der Waals surface area contributed by atoms with Gasteiger partial charge in [-0.3, -0.25) is 0 Å². The van der Waals surface area contributed by atoms with E-state index in [2.05, 4.69) is 28.3 Å². The van der Waals surface area contributed by atoms with Gasteiger partial charge < -0.3 is 15.6 Å². The fourth-order valence-corrected chi connectivity index (χ4v) is 2.06. The SMILES string of the molecule is C=C(NC(/C=C\C)=C/C=C\C)Nc1c[nH]c2ccccc12. The van der Waals surface area contributed by atoms with Crippen LogP contribution in [0.3, 0.4) is 0 Å². The summed E-state index contributed by atoms with van der Waals surface area (Å²) in [5.41, 5.74) is 3.09. The number of allylic oxidation sites excluding steroid dienone is 5. The molecule has 0 bridgehead atoms. The average molecular weight is 279 g/mol. The summed E-state index contributed by atoms with van der Waals surface area (Å²) in [6.45, 7) is 8.01. The van der Waals surface area contributed by atoms with Gasteiger partial charge in [-0.2, -0.15) is 0 Å². The van der Waals surface area contributed by atoms with Gasteiger partial charge in [-0.15, -0.1) is 0 Å². The van der Waals surface area contributed by atoms with E-state index in [9.17, 15) is 0 Å². The van der Waals surface area contributed by atoms with Gasteiger partial charge in [0.05, 0.1) is 5.69 Å². The van der Waals surface area contributed by atoms with Crippen LogP contribution in [0.4, 0.5) is 5.69 Å². The van der Waals surface area contributed by atoms with Gasteiger partial charge in [-0.05, 0) is 32.1 Å². The summed E-state index contributed by atoms with van der Waals surface area (Å²) >= 11 is 0. The molecule has 0 saturated carbocycles. The lowest BCUT2D eigenvalue weighted by atomic mass is 10.2. The fraction of sp³-hybridized carbons (Fsp3) is 0.111. The summed E-state index contributed by atoms with van der Waals surface area (Å²) in [6, 6.07) is 8.16. The normalized spacial score (nSPS) is 12.4. The Labute approximate surface area is 125 Å². The number of aromatic nitrogens is 1. The number of benzene rings is 1. The van der Waals surface area contributed by atoms with Crippen LogP contribution in [0.2, 0.25) is 0 Å². The molecule has 0 atom stereocenters. The topological polar surface area (TPSA) is 39.8 Å². The molecule has 2 aromatic rings. The van der Waals surface area contributed by atoms with Gasteiger partial charge in [0.15, 0.2) is 0 Å². The molecule has 0 amide bonds. The standard InChI is InChI=1S/C18H21N3/c1-4-6-10-15(9-5-2)20-14(3)21-18-13-19-17-12-8-7-11-16(17)18/h4-13,19-21H,3H2,1-2H3/b6-4-,9-5-,15-10+. The van der Waals surface area contributed by atoms with Gasteiger partial charge in [0.1, 0.15) is 5.82 Å². The Hall–Kier alpha value is -2.68. The van der Waals surface area contributed by atoms with Crippen LogP contribution in [0.25, 0.3) is 10.9 Å². The molecule has 3 N–H and O–H groups in total. The Morgan fingerprint density at radius 1 is 1.19 bits per heavy atom. The predicted octanol–water partition coefficient (Wildman–Crippen LogP) is 4.68. The van der Waals surface area contributed by atoms with Crippen molar-refractivity contribution in [3.05, 3.63) is 78.9 Å². The number of hydrogen-bond acceptors (Lipinski definition) is 2. The molecular formula is C18H21N3. The molecule has 0 spiro atoms. The van der Waals surface area contributed by atoms with E-state index in [1.54, 1.807) is 0 Å². The van der Waals surface area contributed by atoms with Gasteiger partial charge in [0, 0.05) is 22.8 Å². The molecule has 108 valence electrons. The molecule has 1 aromatic carbocycles. The first kappa shape index (κ1) is 14.7. The largest absolute Gasteiger partial charge is 0.359 e. The van der Waals surface area contributed by atoms with E-state index in [0.29, 0.717) is 0 Å². The van der Waals surface area contributed by atoms with Crippen molar-refractivity contribution in [3.8, 4) is 0 Å². The third kappa shape index (κ3) is 3.89. The smallest absolute Gasteiger partial charge is 0.100 e. The van der Waals surface area contributed by atoms with E-state index in [-0.39, 0.29) is 0 Å². The minimum atomic E-state index is 0.730. The molecule has 0 aliphatic heterocycles.